The Hall–Kier alpha value is -0.0600. The lowest BCUT2D eigenvalue weighted by Crippen LogP contribution is -2.75. The number of carboxylic acid groups (broad SMARTS) is 1. The van der Waals surface area contributed by atoms with Crippen molar-refractivity contribution in [1.29, 1.82) is 0 Å². The molecule has 0 aliphatic carbocycles. The predicted molar refractivity (Wildman–Crippen MR) is 77.0 cm³/mol. The molecule has 0 aromatic heterocycles. The first-order valence-electron chi connectivity index (χ1n) is 6.27. The maximum atomic E-state index is 14.0. The third-order valence-corrected chi connectivity index (χ3v) is 5.64. The summed E-state index contributed by atoms with van der Waals surface area (Å²) in [5.74, 6) is -33.6. The van der Waals surface area contributed by atoms with Crippen molar-refractivity contribution in [3.8, 4) is 0 Å². The van der Waals surface area contributed by atoms with E-state index < -0.39 is 55.6 Å². The number of carbonyl (C=O) groups is 1. The molecule has 0 amide bonds. The quantitative estimate of drug-likeness (QED) is 0.229. The molecule has 21 heteroatoms. The van der Waals surface area contributed by atoms with Gasteiger partial charge in [-0.2, -0.15) is 43.9 Å². The number of halogens is 19. The second-order valence-electron chi connectivity index (χ2n) is 5.40. The molecule has 0 fully saturated rings. The van der Waals surface area contributed by atoms with Crippen LogP contribution in [0.5, 0.6) is 0 Å². The van der Waals surface area contributed by atoms with Crippen molar-refractivity contribution in [2.75, 3.05) is 0 Å². The van der Waals surface area contributed by atoms with E-state index in [1.807, 2.05) is 0 Å². The van der Waals surface area contributed by atoms with Gasteiger partial charge in [0, 0.05) is 0 Å². The van der Waals surface area contributed by atoms with E-state index >= 15 is 0 Å². The monoisotopic (exact) mass is 594 g/mol. The number of hydrogen-bond acceptors (Lipinski definition) is 1. The van der Waals surface area contributed by atoms with Crippen LogP contribution in [0.4, 0.5) is 61.5 Å². The molecule has 0 saturated heterocycles. The summed E-state index contributed by atoms with van der Waals surface area (Å²) < 4.78 is 189. The molecule has 0 aromatic carbocycles. The molecule has 31 heavy (non-hydrogen) atoms. The number of aliphatic carboxylic acids is 1. The average molecular weight is 596 g/mol. The van der Waals surface area contributed by atoms with Crippen molar-refractivity contribution in [1.82, 2.24) is 0 Å². The van der Waals surface area contributed by atoms with Gasteiger partial charge in [0.1, 0.15) is 0 Å². The van der Waals surface area contributed by atoms with Crippen molar-refractivity contribution < 1.29 is 71.4 Å². The van der Waals surface area contributed by atoms with E-state index in [0.717, 1.165) is 0 Å². The summed E-state index contributed by atoms with van der Waals surface area (Å²) in [5, 5.41) is -26.4. The van der Waals surface area contributed by atoms with E-state index in [0.29, 0.717) is 0 Å². The van der Waals surface area contributed by atoms with Crippen molar-refractivity contribution in [3.63, 3.8) is 0 Å². The van der Waals surface area contributed by atoms with Gasteiger partial charge in [-0.3, -0.25) is 0 Å². The molecule has 1 N–H and O–H groups in total. The van der Waals surface area contributed by atoms with Crippen LogP contribution in [-0.2, 0) is 4.79 Å². The highest BCUT2D eigenvalue weighted by Gasteiger charge is 2.93. The standard InChI is InChI=1S/C10HCl5F14O2/c11-3(18,2(16,17)1(30)31)7(22,23)4(12,19)8(24,25)5(13,20)9(26,27)6(14,21)10(15,28)29/h(H,30,31)/t3-,4-,5+,6+/m1/s1. The molecule has 0 aromatic rings. The first-order chi connectivity index (χ1) is 12.9. The van der Waals surface area contributed by atoms with Gasteiger partial charge >= 0.3 is 55.6 Å². The number of alkyl halides is 19. The lowest BCUT2D eigenvalue weighted by Gasteiger charge is -2.46. The number of rotatable bonds is 9. The second-order valence-corrected chi connectivity index (χ2v) is 7.96. The van der Waals surface area contributed by atoms with E-state index in [1.54, 1.807) is 0 Å². The Morgan fingerprint density at radius 1 is 0.484 bits per heavy atom. The van der Waals surface area contributed by atoms with Crippen LogP contribution < -0.4 is 0 Å². The normalized spacial score (nSPS) is 22.7. The van der Waals surface area contributed by atoms with E-state index in [4.69, 9.17) is 5.11 Å². The van der Waals surface area contributed by atoms with Crippen LogP contribution in [0.3, 0.4) is 0 Å². The lowest BCUT2D eigenvalue weighted by atomic mass is 9.91. The van der Waals surface area contributed by atoms with Crippen LogP contribution >= 0.6 is 58.0 Å². The van der Waals surface area contributed by atoms with Gasteiger partial charge in [0.25, 0.3) is 0 Å². The van der Waals surface area contributed by atoms with Crippen LogP contribution in [0.1, 0.15) is 0 Å². The third-order valence-electron chi connectivity index (χ3n) is 3.38. The van der Waals surface area contributed by atoms with Gasteiger partial charge in [0.2, 0.25) is 0 Å². The summed E-state index contributed by atoms with van der Waals surface area (Å²) in [7, 11) is 0. The minimum atomic E-state index is -7.77. The SMILES string of the molecule is O=C(O)C(F)(F)[C@](F)(Cl)C(F)(F)[C@](F)(Cl)C(F)(F)[C@@](F)(Cl)C(F)(F)[C@@](F)(Cl)C(F)(F)Cl. The Morgan fingerprint density at radius 3 is 0.935 bits per heavy atom. The molecule has 4 atom stereocenters. The molecule has 0 aliphatic heterocycles. The molecular weight excluding hydrogens is 595 g/mol. The highest BCUT2D eigenvalue weighted by Crippen LogP contribution is 2.67. The highest BCUT2D eigenvalue weighted by molar-refractivity contribution is 6.35. The third kappa shape index (κ3) is 3.85. The zero-order chi connectivity index (χ0) is 26.1. The summed E-state index contributed by atoms with van der Waals surface area (Å²) in [4.78, 5) is 10.1. The fourth-order valence-corrected chi connectivity index (χ4v) is 2.62. The summed E-state index contributed by atoms with van der Waals surface area (Å²) in [6, 6.07) is 0. The Bertz CT molecular complexity index is 717. The van der Waals surface area contributed by atoms with Crippen molar-refractivity contribution in [2.45, 2.75) is 49.6 Å². The van der Waals surface area contributed by atoms with E-state index in [1.165, 1.54) is 0 Å². The van der Waals surface area contributed by atoms with Crippen LogP contribution in [-0.4, -0.2) is 60.7 Å². The molecule has 0 rings (SSSR count). The maximum absolute atomic E-state index is 14.0. The zero-order valence-electron chi connectivity index (χ0n) is 13.0. The number of hydrogen-bond donors (Lipinski definition) is 1. The Labute approximate surface area is 185 Å². The number of carboxylic acids is 1. The first-order valence-corrected chi connectivity index (χ1v) is 8.16. The van der Waals surface area contributed by atoms with Gasteiger partial charge in [-0.1, -0.05) is 46.4 Å². The predicted octanol–water partition coefficient (Wildman–Crippen LogP) is 7.06. The van der Waals surface area contributed by atoms with Gasteiger partial charge < -0.3 is 5.11 Å². The second kappa shape index (κ2) is 7.73. The minimum absolute atomic E-state index is 3.73. The van der Waals surface area contributed by atoms with Gasteiger partial charge in [0.15, 0.2) is 0 Å². The largest absolute Gasteiger partial charge is 0.477 e. The highest BCUT2D eigenvalue weighted by atomic mass is 35.5. The molecule has 0 bridgehead atoms. The molecule has 0 unspecified atom stereocenters. The van der Waals surface area contributed by atoms with Gasteiger partial charge in [-0.25, -0.2) is 22.4 Å². The van der Waals surface area contributed by atoms with Crippen LogP contribution in [0.25, 0.3) is 0 Å². The Balaban J connectivity index is 6.95. The summed E-state index contributed by atoms with van der Waals surface area (Å²) in [6.45, 7) is 0. The van der Waals surface area contributed by atoms with Crippen molar-refractivity contribution >= 4 is 64.0 Å². The van der Waals surface area contributed by atoms with Crippen LogP contribution in [0.2, 0.25) is 0 Å². The van der Waals surface area contributed by atoms with Crippen molar-refractivity contribution in [3.05, 3.63) is 0 Å². The minimum Gasteiger partial charge on any atom is -0.477 e. The fourth-order valence-electron chi connectivity index (χ4n) is 1.50. The van der Waals surface area contributed by atoms with Gasteiger partial charge in [-0.05, 0) is 11.6 Å². The Kier molecular flexibility index (Phi) is 7.72. The molecule has 0 radical (unpaired) electrons. The molecule has 186 valence electrons. The van der Waals surface area contributed by atoms with E-state index in [-0.39, 0.29) is 0 Å². The molecule has 0 spiro atoms. The Morgan fingerprint density at radius 2 is 0.710 bits per heavy atom. The van der Waals surface area contributed by atoms with E-state index in [2.05, 4.69) is 58.0 Å². The van der Waals surface area contributed by atoms with Gasteiger partial charge in [0.05, 0.1) is 0 Å². The molecule has 0 aliphatic rings. The van der Waals surface area contributed by atoms with Crippen molar-refractivity contribution in [2.24, 2.45) is 0 Å². The molecule has 0 saturated carbocycles. The van der Waals surface area contributed by atoms with Crippen LogP contribution in [0, 0.1) is 0 Å². The summed E-state index contributed by atoms with van der Waals surface area (Å²) >= 11 is 19.0. The molecule has 2 nitrogen and oxygen atoms in total. The molecule has 0 heterocycles. The molecular formula is C10HCl5F14O2. The topological polar surface area (TPSA) is 37.3 Å². The van der Waals surface area contributed by atoms with Gasteiger partial charge in [-0.15, -0.1) is 0 Å². The maximum Gasteiger partial charge on any atom is 0.395 e. The first kappa shape index (κ1) is 30.9. The van der Waals surface area contributed by atoms with Crippen LogP contribution in [0.15, 0.2) is 0 Å². The van der Waals surface area contributed by atoms with E-state index in [9.17, 15) is 66.3 Å². The average Bonchev–Trinajstić information content (AvgIpc) is 2.52. The fraction of sp³-hybridized carbons (Fsp3) is 0.900. The zero-order valence-corrected chi connectivity index (χ0v) is 16.8. The smallest absolute Gasteiger partial charge is 0.395 e. The summed E-state index contributed by atoms with van der Waals surface area (Å²) in [5.41, 5.74) is 0. The lowest BCUT2D eigenvalue weighted by molar-refractivity contribution is -0.327. The summed E-state index contributed by atoms with van der Waals surface area (Å²) in [6.07, 6.45) is 0.